The third-order valence-electron chi connectivity index (χ3n) is 23.2. The van der Waals surface area contributed by atoms with Crippen molar-refractivity contribution >= 4 is 19.8 Å². The number of phosphoric ester groups is 1. The second-order valence-electron chi connectivity index (χ2n) is 32.6. The van der Waals surface area contributed by atoms with E-state index in [1.807, 2.05) is 0 Å². The molecule has 6 heterocycles. The van der Waals surface area contributed by atoms with Gasteiger partial charge in [0, 0.05) is 12.8 Å². The Morgan fingerprint density at radius 1 is 0.311 bits per heavy atom. The van der Waals surface area contributed by atoms with Gasteiger partial charge in [-0.15, -0.1) is 0 Å². The Bertz CT molecular complexity index is 2920. The summed E-state index contributed by atoms with van der Waals surface area (Å²) in [5.41, 5.74) is 0. The molecule has 0 amide bonds. The molecule has 0 spiro atoms. The van der Waals surface area contributed by atoms with E-state index in [-0.39, 0.29) is 12.8 Å². The second kappa shape index (κ2) is 54.4. The van der Waals surface area contributed by atoms with Gasteiger partial charge in [0.1, 0.15) is 190 Å². The third kappa shape index (κ3) is 30.6. The maximum Gasteiger partial charge on any atom is 0.521 e. The van der Waals surface area contributed by atoms with Crippen molar-refractivity contribution < 1.29 is 217 Å². The van der Waals surface area contributed by atoms with Crippen LogP contribution in [0.2, 0.25) is 0 Å². The molecule has 0 aromatic rings. The molecule has 716 valence electrons. The summed E-state index contributed by atoms with van der Waals surface area (Å²) in [5, 5.41) is 253. The van der Waals surface area contributed by atoms with Crippen molar-refractivity contribution in [1.82, 2.24) is 0 Å². The van der Waals surface area contributed by atoms with Crippen molar-refractivity contribution in [2.75, 3.05) is 52.9 Å². The Labute approximate surface area is 708 Å². The smallest absolute Gasteiger partial charge is 0.462 e. The topological polar surface area (TPSA) is 701 Å². The Kier molecular flexibility index (Phi) is 47.6. The number of unbranched alkanes of at least 4 members (excludes halogenated alkanes) is 24. The average molecular weight is 1800 g/mol. The Balaban J connectivity index is 1.06. The first-order valence-corrected chi connectivity index (χ1v) is 44.7. The van der Waals surface area contributed by atoms with Crippen molar-refractivity contribution in [3.63, 3.8) is 0 Å². The van der Waals surface area contributed by atoms with Crippen LogP contribution in [0.4, 0.5) is 0 Å². The molecule has 0 bridgehead atoms. The molecule has 0 radical (unpaired) electrons. The largest absolute Gasteiger partial charge is 0.521 e. The van der Waals surface area contributed by atoms with Gasteiger partial charge < -0.3 is 184 Å². The van der Waals surface area contributed by atoms with Crippen molar-refractivity contribution in [2.24, 2.45) is 0 Å². The highest BCUT2D eigenvalue weighted by molar-refractivity contribution is 7.48. The van der Waals surface area contributed by atoms with Crippen LogP contribution in [-0.2, 0) is 94.1 Å². The SMILES string of the molecule is CCCCCCCCCCCCCCCC(=O)OC[C@H](COP(=O)(O[NH3+])O[C@@H]1[C@H](O[C@H]2O[C@H](CO)[C@@H](O)[C@H](O)[C@@H]2O)[C@H](O)C(O)[C@H](O)[C@H]1O[C@H]1O[C@H](CO[C@H]2O[C@H](CO[C@H]3O[C@H](CO)[C@@H](O)[C@H](O)[C@@H]3O[C@H]3O[C@H](CO)[C@@H](O)[C@H](O)[C@@H]3O[C@H]3O[C@H](CO)[C@@H](O)[C@H](O)[C@@H]3O)[C@@H](O)[C@H](O)[C@@H]2O)[C@@H](O)[C@H](O)[C@@H]1O)OC(=O)CCCCCCCCCCCCCCC. The molecule has 0 aromatic heterocycles. The molecule has 1 aliphatic carbocycles. The minimum absolute atomic E-state index is 0.0170. The summed E-state index contributed by atoms with van der Waals surface area (Å²) in [6.45, 7) is -3.41. The monoisotopic (exact) mass is 1800 g/mol. The van der Waals surface area contributed by atoms with Gasteiger partial charge in [0.2, 0.25) is 0 Å². The van der Waals surface area contributed by atoms with Crippen molar-refractivity contribution in [2.45, 2.75) is 421 Å². The highest BCUT2D eigenvalue weighted by Gasteiger charge is 2.61. The van der Waals surface area contributed by atoms with Crippen LogP contribution in [0.3, 0.4) is 0 Å². The van der Waals surface area contributed by atoms with E-state index in [0.29, 0.717) is 19.3 Å². The molecule has 38 atom stereocenters. The summed E-state index contributed by atoms with van der Waals surface area (Å²) >= 11 is 0. The fraction of sp³-hybridized carbons (Fsp3) is 0.974. The van der Waals surface area contributed by atoms with Crippen LogP contribution in [0, 0.1) is 0 Å². The van der Waals surface area contributed by atoms with Crippen LogP contribution in [0.5, 0.6) is 0 Å². The molecule has 44 nitrogen and oxygen atoms in total. The van der Waals surface area contributed by atoms with Gasteiger partial charge in [0.25, 0.3) is 0 Å². The quantitative estimate of drug-likeness (QED) is 0.0117. The predicted octanol–water partition coefficient (Wildman–Crippen LogP) is -6.15. The lowest BCUT2D eigenvalue weighted by atomic mass is 9.84. The van der Waals surface area contributed by atoms with E-state index in [0.717, 1.165) is 70.6 Å². The van der Waals surface area contributed by atoms with Crippen LogP contribution in [0.15, 0.2) is 0 Å². The number of carbonyl (C=O) groups excluding carboxylic acids is 2. The molecule has 45 heteroatoms. The van der Waals surface area contributed by atoms with E-state index in [4.69, 9.17) is 80.0 Å². The predicted molar refractivity (Wildman–Crippen MR) is 410 cm³/mol. The number of esters is 2. The number of phosphoric acid groups is 1. The van der Waals surface area contributed by atoms with Crippen LogP contribution >= 0.6 is 7.82 Å². The first kappa shape index (κ1) is 107. The first-order valence-electron chi connectivity index (χ1n) is 43.2. The van der Waals surface area contributed by atoms with Crippen LogP contribution in [-0.4, -0.2) is 409 Å². The average Bonchev–Trinajstić information content (AvgIpc) is 0.748. The molecule has 7 aliphatic rings. The van der Waals surface area contributed by atoms with Gasteiger partial charge in [0.15, 0.2) is 43.8 Å². The first-order chi connectivity index (χ1) is 58.3. The van der Waals surface area contributed by atoms with Gasteiger partial charge in [0.05, 0.1) is 46.2 Å². The minimum atomic E-state index is -5.51. The number of aliphatic hydroxyl groups is 23. The fourth-order valence-corrected chi connectivity index (χ4v) is 16.7. The molecule has 6 aliphatic heterocycles. The summed E-state index contributed by atoms with van der Waals surface area (Å²) < 4.78 is 112. The zero-order valence-electron chi connectivity index (χ0n) is 69.4. The van der Waals surface area contributed by atoms with Gasteiger partial charge in [-0.25, -0.2) is 10.5 Å². The standard InChI is InChI=1S/C77H141NO43P/c1-3-5-7-9-11-13-15-17-19-21-23-25-27-29-46(83)105-35-39(109-47(84)30-28-26-24-22-20-18-16-14-12-10-8-6-4-2)36-108-122(104,121-78)120-71-67(116-73-64(101)54(91)48(85)40(31-79)110-73)61(98)58(95)62(99)68(71)117-75-66(103)57(94)53(90)45(115-75)37-106-72-63(100)56(93)52(89)44(114-72)38-107-76-69(59(96)50(87)42(33-81)112-76)119-77-70(60(97)51(88)43(34-82)113-77)118-74-65(102)55(92)49(86)41(32-80)111-74/h39-45,48-77,79-82,85-103H,3-38H2,1-2,78H3/q+1/t39-,40-,41-,42-,43-,44-,45-,48-,49-,50-,51-,52-,53-,54+,55+,56+,57+,58?,59+,60+,61-,62+,63+,64+,65+,66+,67-,68-,69+,70+,71-,72+,73-,74-,75-,76+,77-,122?/m1/s1. The molecule has 7 fully saturated rings. The molecule has 1 saturated carbocycles. The van der Waals surface area contributed by atoms with Crippen molar-refractivity contribution in [3.05, 3.63) is 0 Å². The molecule has 6 saturated heterocycles. The lowest BCUT2D eigenvalue weighted by Gasteiger charge is -2.49. The number of aliphatic hydroxyl groups excluding tert-OH is 23. The van der Waals surface area contributed by atoms with Crippen LogP contribution in [0.25, 0.3) is 0 Å². The summed E-state index contributed by atoms with van der Waals surface area (Å²) in [6.07, 6.45) is -51.9. The van der Waals surface area contributed by atoms with Crippen molar-refractivity contribution in [3.8, 4) is 0 Å². The van der Waals surface area contributed by atoms with E-state index in [1.54, 1.807) is 0 Å². The normalized spacial score (nSPS) is 39.8. The second-order valence-corrected chi connectivity index (χ2v) is 34.2. The molecule has 26 N–H and O–H groups in total. The minimum Gasteiger partial charge on any atom is -0.462 e. The van der Waals surface area contributed by atoms with E-state index < -0.39 is 300 Å². The fourth-order valence-electron chi connectivity index (χ4n) is 15.6. The number of carbonyl (C=O) groups is 2. The Morgan fingerprint density at radius 2 is 0.590 bits per heavy atom. The van der Waals surface area contributed by atoms with E-state index in [1.165, 1.54) is 77.0 Å². The van der Waals surface area contributed by atoms with Gasteiger partial charge in [-0.05, 0) is 12.8 Å². The Morgan fingerprint density at radius 3 is 0.975 bits per heavy atom. The summed E-state index contributed by atoms with van der Waals surface area (Å²) in [7, 11) is -5.51. The Hall–Kier alpha value is -2.39. The summed E-state index contributed by atoms with van der Waals surface area (Å²) in [4.78, 5) is 26.9. The molecule has 0 aromatic carbocycles. The zero-order chi connectivity index (χ0) is 89.5. The maximum absolute atomic E-state index is 15.1. The van der Waals surface area contributed by atoms with Gasteiger partial charge in [-0.2, -0.15) is 0 Å². The number of rotatable bonds is 55. The van der Waals surface area contributed by atoms with Crippen LogP contribution in [0.1, 0.15) is 194 Å². The van der Waals surface area contributed by atoms with Gasteiger partial charge in [-0.1, -0.05) is 173 Å². The van der Waals surface area contributed by atoms with E-state index in [2.05, 4.69) is 19.7 Å². The number of ether oxygens (including phenoxy) is 14. The zero-order valence-corrected chi connectivity index (χ0v) is 70.3. The highest BCUT2D eigenvalue weighted by Crippen LogP contribution is 2.52. The molecular formula is C77H141NO43P+. The lowest BCUT2D eigenvalue weighted by Crippen LogP contribution is -2.69. The number of hydrogen-bond donors (Lipinski definition) is 24. The third-order valence-corrected chi connectivity index (χ3v) is 24.5. The molecule has 122 heavy (non-hydrogen) atoms. The molecule has 2 unspecified atom stereocenters. The highest BCUT2D eigenvalue weighted by atomic mass is 31.2. The summed E-state index contributed by atoms with van der Waals surface area (Å²) in [5.74, 6) is 1.76. The molecular weight excluding hydrogens is 1660 g/mol. The van der Waals surface area contributed by atoms with Crippen LogP contribution < -0.4 is 5.90 Å². The maximum atomic E-state index is 15.1. The van der Waals surface area contributed by atoms with E-state index >= 15 is 4.57 Å². The number of quaternary nitrogens is 1. The number of hydrogen-bond acceptors (Lipinski definition) is 43. The summed E-state index contributed by atoms with van der Waals surface area (Å²) in [6, 6.07) is 0. The lowest BCUT2D eigenvalue weighted by molar-refractivity contribution is -0.644. The van der Waals surface area contributed by atoms with Gasteiger partial charge >= 0.3 is 19.8 Å². The molecule has 7 rings (SSSR count). The van der Waals surface area contributed by atoms with E-state index in [9.17, 15) is 127 Å². The van der Waals surface area contributed by atoms with Gasteiger partial charge in [-0.3, -0.25) is 18.6 Å². The van der Waals surface area contributed by atoms with Crippen molar-refractivity contribution in [1.29, 1.82) is 0 Å².